The molecule has 1 aliphatic heterocycles. The fraction of sp³-hybridized carbons (Fsp3) is 0.333. The SMILES string of the molecule is COc1ccc(C(=O)CN2CCC(Cn3ccnc3-c3ccccc3)CC2)cc1. The van der Waals surface area contributed by atoms with Gasteiger partial charge in [-0.15, -0.1) is 0 Å². The van der Waals surface area contributed by atoms with Gasteiger partial charge in [0, 0.05) is 30.1 Å². The molecule has 1 aromatic heterocycles. The number of ketones is 1. The Balaban J connectivity index is 1.30. The Morgan fingerprint density at radius 1 is 1.07 bits per heavy atom. The number of likely N-dealkylation sites (tertiary alicyclic amines) is 1. The van der Waals surface area contributed by atoms with Crippen LogP contribution >= 0.6 is 0 Å². The van der Waals surface area contributed by atoms with Crippen LogP contribution in [0.1, 0.15) is 23.2 Å². The summed E-state index contributed by atoms with van der Waals surface area (Å²) in [7, 11) is 1.63. The molecule has 0 bridgehead atoms. The van der Waals surface area contributed by atoms with Crippen molar-refractivity contribution in [3.8, 4) is 17.1 Å². The van der Waals surface area contributed by atoms with E-state index in [1.165, 1.54) is 0 Å². The highest BCUT2D eigenvalue weighted by atomic mass is 16.5. The Kier molecular flexibility index (Phi) is 6.06. The molecule has 29 heavy (non-hydrogen) atoms. The maximum absolute atomic E-state index is 12.6. The fourth-order valence-electron chi connectivity index (χ4n) is 3.98. The first-order chi connectivity index (χ1) is 14.2. The van der Waals surface area contributed by atoms with E-state index in [0.717, 1.165) is 55.2 Å². The number of Topliss-reactive ketones (excluding diaryl/α,β-unsaturated/α-hetero) is 1. The second-order valence-corrected chi connectivity index (χ2v) is 7.64. The maximum Gasteiger partial charge on any atom is 0.176 e. The summed E-state index contributed by atoms with van der Waals surface area (Å²) in [5, 5.41) is 0. The van der Waals surface area contributed by atoms with E-state index in [2.05, 4.69) is 32.8 Å². The van der Waals surface area contributed by atoms with E-state index in [4.69, 9.17) is 4.74 Å². The molecule has 150 valence electrons. The summed E-state index contributed by atoms with van der Waals surface area (Å²) in [6.45, 7) is 3.38. The molecule has 4 rings (SSSR count). The van der Waals surface area contributed by atoms with Gasteiger partial charge in [-0.25, -0.2) is 4.98 Å². The van der Waals surface area contributed by atoms with Crippen LogP contribution in [0.15, 0.2) is 67.0 Å². The van der Waals surface area contributed by atoms with E-state index in [1.807, 2.05) is 48.7 Å². The monoisotopic (exact) mass is 389 g/mol. The predicted molar refractivity (Wildman–Crippen MR) is 114 cm³/mol. The minimum absolute atomic E-state index is 0.173. The Labute approximate surface area is 171 Å². The van der Waals surface area contributed by atoms with Crippen LogP contribution in [0.2, 0.25) is 0 Å². The number of benzene rings is 2. The molecule has 0 aliphatic carbocycles. The molecule has 3 aromatic rings. The van der Waals surface area contributed by atoms with Crippen LogP contribution < -0.4 is 4.74 Å². The average Bonchev–Trinajstić information content (AvgIpc) is 3.24. The van der Waals surface area contributed by atoms with Gasteiger partial charge < -0.3 is 9.30 Å². The summed E-state index contributed by atoms with van der Waals surface area (Å²) in [6.07, 6.45) is 6.15. The smallest absolute Gasteiger partial charge is 0.176 e. The Bertz CT molecular complexity index is 926. The number of piperidine rings is 1. The van der Waals surface area contributed by atoms with E-state index >= 15 is 0 Å². The molecule has 1 fully saturated rings. The van der Waals surface area contributed by atoms with Gasteiger partial charge in [0.1, 0.15) is 11.6 Å². The largest absolute Gasteiger partial charge is 0.497 e. The molecule has 0 saturated carbocycles. The summed E-state index contributed by atoms with van der Waals surface area (Å²) in [6, 6.07) is 17.7. The number of imidazole rings is 1. The Morgan fingerprint density at radius 3 is 2.48 bits per heavy atom. The molecular weight excluding hydrogens is 362 g/mol. The molecule has 2 aromatic carbocycles. The topological polar surface area (TPSA) is 47.4 Å². The first-order valence-electron chi connectivity index (χ1n) is 10.2. The van der Waals surface area contributed by atoms with E-state index < -0.39 is 0 Å². The Hall–Kier alpha value is -2.92. The van der Waals surface area contributed by atoms with Crippen LogP contribution in [0.3, 0.4) is 0 Å². The lowest BCUT2D eigenvalue weighted by molar-refractivity contribution is 0.0890. The van der Waals surface area contributed by atoms with Crippen LogP contribution in [0.4, 0.5) is 0 Å². The van der Waals surface area contributed by atoms with Gasteiger partial charge in [-0.1, -0.05) is 30.3 Å². The molecule has 5 nitrogen and oxygen atoms in total. The quantitative estimate of drug-likeness (QED) is 0.570. The molecule has 0 spiro atoms. The van der Waals surface area contributed by atoms with Crippen molar-refractivity contribution in [3.05, 3.63) is 72.6 Å². The summed E-state index contributed by atoms with van der Waals surface area (Å²) in [5.74, 6) is 2.59. The summed E-state index contributed by atoms with van der Waals surface area (Å²) in [5.41, 5.74) is 1.90. The molecule has 0 unspecified atom stereocenters. The van der Waals surface area contributed by atoms with Gasteiger partial charge >= 0.3 is 0 Å². The number of aromatic nitrogens is 2. The van der Waals surface area contributed by atoms with Crippen LogP contribution in [-0.4, -0.2) is 47.0 Å². The molecule has 1 aliphatic rings. The van der Waals surface area contributed by atoms with E-state index in [-0.39, 0.29) is 5.78 Å². The van der Waals surface area contributed by atoms with Crippen molar-refractivity contribution in [2.75, 3.05) is 26.7 Å². The molecule has 0 N–H and O–H groups in total. The second-order valence-electron chi connectivity index (χ2n) is 7.64. The van der Waals surface area contributed by atoms with Gasteiger partial charge in [0.05, 0.1) is 13.7 Å². The van der Waals surface area contributed by atoms with Gasteiger partial charge in [-0.3, -0.25) is 9.69 Å². The normalized spacial score (nSPS) is 15.3. The zero-order chi connectivity index (χ0) is 20.1. The number of carbonyl (C=O) groups excluding carboxylic acids is 1. The summed E-state index contributed by atoms with van der Waals surface area (Å²) < 4.78 is 7.42. The van der Waals surface area contributed by atoms with Gasteiger partial charge in [0.25, 0.3) is 0 Å². The number of methoxy groups -OCH3 is 1. The highest BCUT2D eigenvalue weighted by molar-refractivity contribution is 5.97. The number of nitrogens with zero attached hydrogens (tertiary/aromatic N) is 3. The first-order valence-corrected chi connectivity index (χ1v) is 10.2. The third-order valence-corrected chi connectivity index (χ3v) is 5.69. The molecule has 1 saturated heterocycles. The lowest BCUT2D eigenvalue weighted by Gasteiger charge is -2.31. The predicted octanol–water partition coefficient (Wildman–Crippen LogP) is 4.15. The minimum Gasteiger partial charge on any atom is -0.497 e. The highest BCUT2D eigenvalue weighted by Crippen LogP contribution is 2.23. The highest BCUT2D eigenvalue weighted by Gasteiger charge is 2.22. The van der Waals surface area contributed by atoms with Gasteiger partial charge in [-0.05, 0) is 56.1 Å². The molecule has 0 amide bonds. The van der Waals surface area contributed by atoms with Crippen LogP contribution in [0.25, 0.3) is 11.4 Å². The molecule has 0 atom stereocenters. The van der Waals surface area contributed by atoms with Crippen LogP contribution in [0.5, 0.6) is 5.75 Å². The minimum atomic E-state index is 0.173. The number of rotatable bonds is 7. The van der Waals surface area contributed by atoms with Crippen molar-refractivity contribution in [1.29, 1.82) is 0 Å². The number of carbonyl (C=O) groups is 1. The van der Waals surface area contributed by atoms with Gasteiger partial charge in [0.2, 0.25) is 0 Å². The Morgan fingerprint density at radius 2 is 1.79 bits per heavy atom. The summed E-state index contributed by atoms with van der Waals surface area (Å²) in [4.78, 5) is 19.4. The van der Waals surface area contributed by atoms with Crippen LogP contribution in [-0.2, 0) is 6.54 Å². The second kappa shape index (κ2) is 9.05. The average molecular weight is 389 g/mol. The molecular formula is C24H27N3O2. The van der Waals surface area contributed by atoms with E-state index in [0.29, 0.717) is 12.5 Å². The summed E-state index contributed by atoms with van der Waals surface area (Å²) >= 11 is 0. The van der Waals surface area contributed by atoms with E-state index in [9.17, 15) is 4.79 Å². The van der Waals surface area contributed by atoms with Crippen molar-refractivity contribution < 1.29 is 9.53 Å². The molecule has 5 heteroatoms. The zero-order valence-electron chi connectivity index (χ0n) is 16.8. The van der Waals surface area contributed by atoms with Gasteiger partial charge in [-0.2, -0.15) is 0 Å². The van der Waals surface area contributed by atoms with Crippen LogP contribution in [0, 0.1) is 5.92 Å². The van der Waals surface area contributed by atoms with Crippen molar-refractivity contribution >= 4 is 5.78 Å². The van der Waals surface area contributed by atoms with Crippen molar-refractivity contribution in [2.24, 2.45) is 5.92 Å². The number of hydrogen-bond donors (Lipinski definition) is 0. The van der Waals surface area contributed by atoms with Gasteiger partial charge in [0.15, 0.2) is 5.78 Å². The van der Waals surface area contributed by atoms with E-state index in [1.54, 1.807) is 7.11 Å². The lowest BCUT2D eigenvalue weighted by atomic mass is 9.96. The van der Waals surface area contributed by atoms with Crippen molar-refractivity contribution in [2.45, 2.75) is 19.4 Å². The fourth-order valence-corrected chi connectivity index (χ4v) is 3.98. The lowest BCUT2D eigenvalue weighted by Crippen LogP contribution is -2.38. The van der Waals surface area contributed by atoms with Crippen molar-refractivity contribution in [1.82, 2.24) is 14.5 Å². The molecule has 0 radical (unpaired) electrons. The zero-order valence-corrected chi connectivity index (χ0v) is 16.8. The van der Waals surface area contributed by atoms with Crippen molar-refractivity contribution in [3.63, 3.8) is 0 Å². The maximum atomic E-state index is 12.6. The number of hydrogen-bond acceptors (Lipinski definition) is 4. The third kappa shape index (κ3) is 4.74. The standard InChI is InChI=1S/C24H27N3O2/c1-29-22-9-7-20(8-10-22)23(28)18-26-14-11-19(12-15-26)17-27-16-13-25-24(27)21-5-3-2-4-6-21/h2-10,13,16,19H,11-12,14-15,17-18H2,1H3. The third-order valence-electron chi connectivity index (χ3n) is 5.69. The number of ether oxygens (including phenoxy) is 1. The first kappa shape index (κ1) is 19.4. The molecule has 2 heterocycles.